The molecule has 66 valence electrons. The van der Waals surface area contributed by atoms with Gasteiger partial charge in [-0.15, -0.1) is 0 Å². The van der Waals surface area contributed by atoms with Gasteiger partial charge in [-0.1, -0.05) is 48.5 Å². The summed E-state index contributed by atoms with van der Waals surface area (Å²) in [6.07, 6.45) is 5.84. The van der Waals surface area contributed by atoms with E-state index in [-0.39, 0.29) is 9.52 Å². The van der Waals surface area contributed by atoms with Crippen LogP contribution in [0.3, 0.4) is 0 Å². The van der Waals surface area contributed by atoms with Crippen molar-refractivity contribution < 1.29 is 4.79 Å². The van der Waals surface area contributed by atoms with Gasteiger partial charge in [-0.2, -0.15) is 0 Å². The Bertz CT molecular complexity index is 115. The van der Waals surface area contributed by atoms with Crippen LogP contribution in [0.5, 0.6) is 0 Å². The molecular weight excluding hydrogens is 272 g/mol. The van der Waals surface area contributed by atoms with Gasteiger partial charge in [0.15, 0.2) is 0 Å². The number of hydrogen-bond donors (Lipinski definition) is 0. The Hall–Kier alpha value is 0.630. The number of halogens is 2. The molecule has 0 heterocycles. The van der Waals surface area contributed by atoms with Gasteiger partial charge in [-0.3, -0.25) is 4.79 Å². The number of rotatable bonds is 6. The van der Waals surface area contributed by atoms with E-state index in [1.807, 2.05) is 0 Å². The summed E-state index contributed by atoms with van der Waals surface area (Å²) in [5.41, 5.74) is 0. The van der Waals surface area contributed by atoms with E-state index in [4.69, 9.17) is 0 Å². The van der Waals surface area contributed by atoms with Crippen LogP contribution >= 0.6 is 31.9 Å². The second-order valence-electron chi connectivity index (χ2n) is 2.62. The highest BCUT2D eigenvalue weighted by Gasteiger charge is 2.09. The summed E-state index contributed by atoms with van der Waals surface area (Å²) < 4.78 is 0.0639. The smallest absolute Gasteiger partial charge is 0.211 e. The van der Waals surface area contributed by atoms with Crippen molar-refractivity contribution in [2.75, 3.05) is 0 Å². The van der Waals surface area contributed by atoms with Crippen molar-refractivity contribution in [1.29, 1.82) is 0 Å². The predicted octanol–water partition coefficient (Wildman–Crippen LogP) is 3.64. The SMILES string of the molecule is CCCCCCC(Br)C(=O)Br. The lowest BCUT2D eigenvalue weighted by Gasteiger charge is -2.02. The molecule has 1 nitrogen and oxygen atoms in total. The van der Waals surface area contributed by atoms with Gasteiger partial charge in [0, 0.05) is 0 Å². The van der Waals surface area contributed by atoms with E-state index in [0.717, 1.165) is 12.8 Å². The van der Waals surface area contributed by atoms with Crippen molar-refractivity contribution in [3.63, 3.8) is 0 Å². The molecule has 11 heavy (non-hydrogen) atoms. The van der Waals surface area contributed by atoms with E-state index in [2.05, 4.69) is 38.8 Å². The minimum Gasteiger partial charge on any atom is -0.285 e. The first-order chi connectivity index (χ1) is 5.18. The lowest BCUT2D eigenvalue weighted by molar-refractivity contribution is -0.109. The molecule has 0 amide bonds. The molecular formula is C8H14Br2O. The van der Waals surface area contributed by atoms with Crippen LogP contribution in [0.4, 0.5) is 0 Å². The van der Waals surface area contributed by atoms with Crippen LogP contribution in [0.1, 0.15) is 39.0 Å². The Labute approximate surface area is 85.2 Å². The molecule has 0 aromatic rings. The average Bonchev–Trinajstić information content (AvgIpc) is 1.97. The first kappa shape index (κ1) is 11.6. The maximum Gasteiger partial charge on any atom is 0.211 e. The van der Waals surface area contributed by atoms with Crippen LogP contribution in [0.25, 0.3) is 0 Å². The molecule has 0 spiro atoms. The maximum absolute atomic E-state index is 10.7. The van der Waals surface area contributed by atoms with E-state index in [1.54, 1.807) is 0 Å². The van der Waals surface area contributed by atoms with Gasteiger partial charge >= 0.3 is 0 Å². The van der Waals surface area contributed by atoms with E-state index in [1.165, 1.54) is 19.3 Å². The minimum atomic E-state index is 0.0133. The molecule has 1 atom stereocenters. The highest BCUT2D eigenvalue weighted by Crippen LogP contribution is 2.14. The molecule has 0 fully saturated rings. The lowest BCUT2D eigenvalue weighted by atomic mass is 10.1. The fourth-order valence-electron chi connectivity index (χ4n) is 0.864. The summed E-state index contributed by atoms with van der Waals surface area (Å²) in [5, 5.41) is 0. The quantitative estimate of drug-likeness (QED) is 0.414. The van der Waals surface area contributed by atoms with Crippen molar-refractivity contribution in [3.8, 4) is 0 Å². The van der Waals surface area contributed by atoms with Crippen molar-refractivity contribution in [1.82, 2.24) is 0 Å². The molecule has 0 aromatic carbocycles. The maximum atomic E-state index is 10.7. The highest BCUT2D eigenvalue weighted by molar-refractivity contribution is 9.20. The van der Waals surface area contributed by atoms with Crippen LogP contribution in [0.2, 0.25) is 0 Å². The van der Waals surface area contributed by atoms with Crippen molar-refractivity contribution in [2.24, 2.45) is 0 Å². The first-order valence-corrected chi connectivity index (χ1v) is 5.72. The molecule has 0 saturated heterocycles. The summed E-state index contributed by atoms with van der Waals surface area (Å²) in [6, 6.07) is 0. The summed E-state index contributed by atoms with van der Waals surface area (Å²) >= 11 is 6.22. The third kappa shape index (κ3) is 7.01. The Balaban J connectivity index is 3.17. The molecule has 0 rings (SSSR count). The number of carbonyl (C=O) groups is 1. The number of alkyl halides is 1. The second kappa shape index (κ2) is 7.29. The zero-order valence-electron chi connectivity index (χ0n) is 6.78. The van der Waals surface area contributed by atoms with Gasteiger partial charge in [0.05, 0.1) is 4.83 Å². The minimum absolute atomic E-state index is 0.0133. The van der Waals surface area contributed by atoms with Gasteiger partial charge in [-0.05, 0) is 22.4 Å². The topological polar surface area (TPSA) is 17.1 Å². The summed E-state index contributed by atoms with van der Waals surface area (Å²) in [7, 11) is 0. The molecule has 0 aliphatic carbocycles. The standard InChI is InChI=1S/C8H14Br2O/c1-2-3-4-5-6-7(9)8(10)11/h7H,2-6H2,1H3. The molecule has 1 unspecified atom stereocenters. The van der Waals surface area contributed by atoms with Gasteiger partial charge in [0.1, 0.15) is 0 Å². The normalized spacial score (nSPS) is 13.0. The molecule has 0 aliphatic heterocycles. The summed E-state index contributed by atoms with van der Waals surface area (Å²) in [6.45, 7) is 2.18. The molecule has 0 bridgehead atoms. The zero-order valence-corrected chi connectivity index (χ0v) is 9.95. The highest BCUT2D eigenvalue weighted by atomic mass is 79.9. The molecule has 0 saturated carbocycles. The van der Waals surface area contributed by atoms with Gasteiger partial charge < -0.3 is 0 Å². The van der Waals surface area contributed by atoms with E-state index < -0.39 is 0 Å². The van der Waals surface area contributed by atoms with Crippen LogP contribution in [0.15, 0.2) is 0 Å². The fourth-order valence-corrected chi connectivity index (χ4v) is 1.42. The van der Waals surface area contributed by atoms with E-state index in [0.29, 0.717) is 0 Å². The first-order valence-electron chi connectivity index (χ1n) is 4.02. The van der Waals surface area contributed by atoms with Crippen molar-refractivity contribution >= 4 is 36.6 Å². The second-order valence-corrected chi connectivity index (χ2v) is 4.51. The Morgan fingerprint density at radius 2 is 2.00 bits per heavy atom. The number of hydrogen-bond acceptors (Lipinski definition) is 1. The van der Waals surface area contributed by atoms with Crippen molar-refractivity contribution in [3.05, 3.63) is 0 Å². The van der Waals surface area contributed by atoms with E-state index >= 15 is 0 Å². The van der Waals surface area contributed by atoms with Gasteiger partial charge in [0.25, 0.3) is 0 Å². The number of carbonyl (C=O) groups excluding carboxylic acids is 1. The van der Waals surface area contributed by atoms with Crippen LogP contribution in [-0.4, -0.2) is 9.52 Å². The van der Waals surface area contributed by atoms with Crippen LogP contribution in [0, 0.1) is 0 Å². The van der Waals surface area contributed by atoms with Crippen LogP contribution < -0.4 is 0 Å². The molecule has 0 N–H and O–H groups in total. The third-order valence-corrected chi connectivity index (χ3v) is 3.60. The van der Waals surface area contributed by atoms with Gasteiger partial charge in [0.2, 0.25) is 4.69 Å². The summed E-state index contributed by atoms with van der Waals surface area (Å²) in [4.78, 5) is 10.7. The number of unbranched alkanes of at least 4 members (excludes halogenated alkanes) is 3. The predicted molar refractivity (Wildman–Crippen MR) is 55.4 cm³/mol. The average molecular weight is 286 g/mol. The molecule has 3 heteroatoms. The van der Waals surface area contributed by atoms with Gasteiger partial charge in [-0.25, -0.2) is 0 Å². The monoisotopic (exact) mass is 284 g/mol. The molecule has 0 aliphatic rings. The molecule has 0 aromatic heterocycles. The third-order valence-electron chi connectivity index (χ3n) is 1.56. The fraction of sp³-hybridized carbons (Fsp3) is 0.875. The van der Waals surface area contributed by atoms with Crippen molar-refractivity contribution in [2.45, 2.75) is 43.9 Å². The Kier molecular flexibility index (Phi) is 7.71. The molecule has 0 radical (unpaired) electrons. The Morgan fingerprint density at radius 3 is 2.45 bits per heavy atom. The van der Waals surface area contributed by atoms with E-state index in [9.17, 15) is 4.79 Å². The largest absolute Gasteiger partial charge is 0.285 e. The lowest BCUT2D eigenvalue weighted by Crippen LogP contribution is -2.05. The summed E-state index contributed by atoms with van der Waals surface area (Å²) in [5.74, 6) is 0. The Morgan fingerprint density at radius 1 is 1.36 bits per heavy atom. The zero-order chi connectivity index (χ0) is 8.69. The van der Waals surface area contributed by atoms with Crippen LogP contribution in [-0.2, 0) is 4.79 Å².